The number of unbranched alkanes of at least 4 members (excludes halogenated alkanes) is 1. The molecule has 0 fully saturated rings. The molecule has 36 heavy (non-hydrogen) atoms. The molecule has 0 aliphatic heterocycles. The smallest absolute Gasteiger partial charge is 0.251 e. The summed E-state index contributed by atoms with van der Waals surface area (Å²) in [6, 6.07) is 23.4. The average molecular weight is 548 g/mol. The highest BCUT2D eigenvalue weighted by molar-refractivity contribution is 9.10. The first-order valence-corrected chi connectivity index (χ1v) is 13.1. The van der Waals surface area contributed by atoms with Gasteiger partial charge in [0.05, 0.1) is 6.04 Å². The monoisotopic (exact) mass is 547 g/mol. The number of fused-ring (bicyclic) bond motifs is 1. The molecular formula is C29H30BrN3O3. The highest BCUT2D eigenvalue weighted by atomic mass is 79.9. The third-order valence-corrected chi connectivity index (χ3v) is 6.89. The van der Waals surface area contributed by atoms with E-state index in [1.807, 2.05) is 36.4 Å². The van der Waals surface area contributed by atoms with E-state index >= 15 is 0 Å². The summed E-state index contributed by atoms with van der Waals surface area (Å²) in [5, 5.41) is 8.99. The summed E-state index contributed by atoms with van der Waals surface area (Å²) in [6.45, 7) is 0.500. The number of nitrogens with one attached hydrogen (secondary N) is 3. The van der Waals surface area contributed by atoms with E-state index in [2.05, 4.69) is 37.9 Å². The quantitative estimate of drug-likeness (QED) is 0.314. The molecule has 3 N–H and O–H groups in total. The third-order valence-electron chi connectivity index (χ3n) is 6.40. The molecule has 3 amide bonds. The first kappa shape index (κ1) is 25.6. The van der Waals surface area contributed by atoms with Crippen LogP contribution in [0.4, 0.5) is 0 Å². The SMILES string of the molecule is O=C(NCCCCC(NC(=O)c1ccccc1)C(=O)N[C@H]1CCc2cc(Br)ccc21)c1ccccc1. The second kappa shape index (κ2) is 12.5. The Bertz CT molecular complexity index is 1200. The summed E-state index contributed by atoms with van der Waals surface area (Å²) in [6.07, 6.45) is 3.59. The van der Waals surface area contributed by atoms with Gasteiger partial charge in [-0.1, -0.05) is 58.4 Å². The average Bonchev–Trinajstić information content (AvgIpc) is 3.29. The molecule has 3 aromatic carbocycles. The summed E-state index contributed by atoms with van der Waals surface area (Å²) >= 11 is 3.51. The van der Waals surface area contributed by atoms with E-state index in [9.17, 15) is 14.4 Å². The van der Waals surface area contributed by atoms with Crippen molar-refractivity contribution in [1.29, 1.82) is 0 Å². The summed E-state index contributed by atoms with van der Waals surface area (Å²) in [5.41, 5.74) is 3.49. The highest BCUT2D eigenvalue weighted by Gasteiger charge is 2.28. The summed E-state index contributed by atoms with van der Waals surface area (Å²) < 4.78 is 1.03. The van der Waals surface area contributed by atoms with Gasteiger partial charge in [0.15, 0.2) is 0 Å². The molecule has 1 unspecified atom stereocenters. The zero-order valence-corrected chi connectivity index (χ0v) is 21.6. The molecule has 0 saturated heterocycles. The van der Waals surface area contributed by atoms with E-state index in [1.54, 1.807) is 36.4 Å². The Labute approximate surface area is 220 Å². The molecule has 3 aromatic rings. The van der Waals surface area contributed by atoms with E-state index in [4.69, 9.17) is 0 Å². The number of aryl methyl sites for hydroxylation is 1. The van der Waals surface area contributed by atoms with Crippen molar-refractivity contribution in [1.82, 2.24) is 16.0 Å². The van der Waals surface area contributed by atoms with Gasteiger partial charge in [-0.15, -0.1) is 0 Å². The van der Waals surface area contributed by atoms with Gasteiger partial charge in [-0.3, -0.25) is 14.4 Å². The molecule has 1 aliphatic rings. The van der Waals surface area contributed by atoms with E-state index in [1.165, 1.54) is 5.56 Å². The molecule has 0 spiro atoms. The van der Waals surface area contributed by atoms with Crippen molar-refractivity contribution in [3.05, 3.63) is 106 Å². The number of benzene rings is 3. The number of hydrogen-bond acceptors (Lipinski definition) is 3. The number of rotatable bonds is 10. The maximum atomic E-state index is 13.3. The molecule has 0 aromatic heterocycles. The van der Waals surface area contributed by atoms with Crippen molar-refractivity contribution in [2.75, 3.05) is 6.54 Å². The maximum Gasteiger partial charge on any atom is 0.251 e. The zero-order valence-electron chi connectivity index (χ0n) is 20.0. The van der Waals surface area contributed by atoms with Gasteiger partial charge in [-0.05, 0) is 79.6 Å². The van der Waals surface area contributed by atoms with Crippen LogP contribution in [0.15, 0.2) is 83.3 Å². The number of carbonyl (C=O) groups excluding carboxylic acids is 3. The minimum Gasteiger partial charge on any atom is -0.352 e. The van der Waals surface area contributed by atoms with Crippen LogP contribution in [-0.4, -0.2) is 30.3 Å². The normalized spacial score (nSPS) is 15.0. The Morgan fingerprint density at radius 1 is 0.861 bits per heavy atom. The Morgan fingerprint density at radius 3 is 2.22 bits per heavy atom. The number of halogens is 1. The highest BCUT2D eigenvalue weighted by Crippen LogP contribution is 2.33. The molecular weight excluding hydrogens is 518 g/mol. The van der Waals surface area contributed by atoms with Crippen molar-refractivity contribution >= 4 is 33.7 Å². The standard InChI is InChI=1S/C29H30BrN3O3/c30-23-15-16-24-22(19-23)14-17-25(24)32-29(36)26(33-28(35)21-11-5-2-6-12-21)13-7-8-18-31-27(34)20-9-3-1-4-10-20/h1-6,9-12,15-16,19,25-26H,7-8,13-14,17-18H2,(H,31,34)(H,32,36)(H,33,35)/t25-,26?/m0/s1. The van der Waals surface area contributed by atoms with Crippen molar-refractivity contribution in [3.8, 4) is 0 Å². The van der Waals surface area contributed by atoms with Crippen LogP contribution in [0.25, 0.3) is 0 Å². The number of carbonyl (C=O) groups is 3. The Kier molecular flexibility index (Phi) is 8.90. The number of hydrogen-bond donors (Lipinski definition) is 3. The predicted octanol–water partition coefficient (Wildman–Crippen LogP) is 4.95. The lowest BCUT2D eigenvalue weighted by atomic mass is 10.0. The Morgan fingerprint density at radius 2 is 1.53 bits per heavy atom. The molecule has 0 radical (unpaired) electrons. The van der Waals surface area contributed by atoms with Crippen LogP contribution in [0.2, 0.25) is 0 Å². The predicted molar refractivity (Wildman–Crippen MR) is 144 cm³/mol. The van der Waals surface area contributed by atoms with Crippen molar-refractivity contribution < 1.29 is 14.4 Å². The molecule has 4 rings (SSSR count). The van der Waals surface area contributed by atoms with Crippen LogP contribution in [0, 0.1) is 0 Å². The first-order chi connectivity index (χ1) is 17.5. The van der Waals surface area contributed by atoms with Gasteiger partial charge in [-0.2, -0.15) is 0 Å². The fourth-order valence-electron chi connectivity index (χ4n) is 4.48. The fourth-order valence-corrected chi connectivity index (χ4v) is 4.88. The molecule has 6 nitrogen and oxygen atoms in total. The van der Waals surface area contributed by atoms with Crippen LogP contribution in [-0.2, 0) is 11.2 Å². The van der Waals surface area contributed by atoms with Crippen molar-refractivity contribution in [2.45, 2.75) is 44.2 Å². The molecule has 0 saturated carbocycles. The molecule has 2 atom stereocenters. The zero-order chi connectivity index (χ0) is 25.3. The first-order valence-electron chi connectivity index (χ1n) is 12.3. The van der Waals surface area contributed by atoms with Gasteiger partial charge < -0.3 is 16.0 Å². The van der Waals surface area contributed by atoms with Gasteiger partial charge in [-0.25, -0.2) is 0 Å². The Hall–Kier alpha value is -3.45. The lowest BCUT2D eigenvalue weighted by Gasteiger charge is -2.22. The largest absolute Gasteiger partial charge is 0.352 e. The van der Waals surface area contributed by atoms with E-state index < -0.39 is 6.04 Å². The molecule has 0 heterocycles. The van der Waals surface area contributed by atoms with Crippen LogP contribution < -0.4 is 16.0 Å². The van der Waals surface area contributed by atoms with Crippen molar-refractivity contribution in [3.63, 3.8) is 0 Å². The Balaban J connectivity index is 1.34. The van der Waals surface area contributed by atoms with Crippen molar-refractivity contribution in [2.24, 2.45) is 0 Å². The molecule has 7 heteroatoms. The van der Waals surface area contributed by atoms with E-state index in [0.717, 1.165) is 22.9 Å². The summed E-state index contributed by atoms with van der Waals surface area (Å²) in [7, 11) is 0. The van der Waals surface area contributed by atoms with Crippen LogP contribution in [0.1, 0.15) is 63.6 Å². The maximum absolute atomic E-state index is 13.3. The fraction of sp³-hybridized carbons (Fsp3) is 0.276. The third kappa shape index (κ3) is 6.82. The second-order valence-corrected chi connectivity index (χ2v) is 9.87. The van der Waals surface area contributed by atoms with Crippen LogP contribution in [0.3, 0.4) is 0 Å². The van der Waals surface area contributed by atoms with E-state index in [0.29, 0.717) is 36.9 Å². The topological polar surface area (TPSA) is 87.3 Å². The minimum atomic E-state index is -0.665. The van der Waals surface area contributed by atoms with Gasteiger partial charge >= 0.3 is 0 Å². The second-order valence-electron chi connectivity index (χ2n) is 8.95. The van der Waals surface area contributed by atoms with Gasteiger partial charge in [0.2, 0.25) is 5.91 Å². The van der Waals surface area contributed by atoms with Gasteiger partial charge in [0, 0.05) is 22.1 Å². The van der Waals surface area contributed by atoms with Gasteiger partial charge in [0.1, 0.15) is 6.04 Å². The summed E-state index contributed by atoms with van der Waals surface area (Å²) in [5.74, 6) is -0.578. The minimum absolute atomic E-state index is 0.0677. The lowest BCUT2D eigenvalue weighted by Crippen LogP contribution is -2.47. The number of amides is 3. The molecule has 1 aliphatic carbocycles. The van der Waals surface area contributed by atoms with Crippen LogP contribution in [0.5, 0.6) is 0 Å². The van der Waals surface area contributed by atoms with Crippen LogP contribution >= 0.6 is 15.9 Å². The van der Waals surface area contributed by atoms with E-state index in [-0.39, 0.29) is 23.8 Å². The molecule has 186 valence electrons. The molecule has 0 bridgehead atoms. The lowest BCUT2D eigenvalue weighted by molar-refractivity contribution is -0.123. The summed E-state index contributed by atoms with van der Waals surface area (Å²) in [4.78, 5) is 38.3. The van der Waals surface area contributed by atoms with Gasteiger partial charge in [0.25, 0.3) is 11.8 Å².